The van der Waals surface area contributed by atoms with Crippen LogP contribution in [0, 0.1) is 6.92 Å². The first-order valence-electron chi connectivity index (χ1n) is 7.45. The Morgan fingerprint density at radius 3 is 2.50 bits per heavy atom. The Hall–Kier alpha value is -2.24. The van der Waals surface area contributed by atoms with E-state index in [0.29, 0.717) is 30.3 Å². The van der Waals surface area contributed by atoms with Gasteiger partial charge in [0.25, 0.3) is 0 Å². The van der Waals surface area contributed by atoms with E-state index in [9.17, 15) is 4.79 Å². The Morgan fingerprint density at radius 1 is 1.12 bits per heavy atom. The third-order valence-electron chi connectivity index (χ3n) is 3.30. The molecule has 0 bridgehead atoms. The van der Waals surface area contributed by atoms with Gasteiger partial charge in [0.15, 0.2) is 0 Å². The van der Waals surface area contributed by atoms with Crippen LogP contribution in [0.1, 0.15) is 11.1 Å². The van der Waals surface area contributed by atoms with Crippen LogP contribution in [0.3, 0.4) is 0 Å². The number of benzene rings is 2. The zero-order chi connectivity index (χ0) is 16.7. The Bertz CT molecular complexity index is 660. The van der Waals surface area contributed by atoms with Crippen LogP contribution < -0.4 is 15.8 Å². The summed E-state index contributed by atoms with van der Waals surface area (Å²) >= 11 is 0. The minimum absolute atomic E-state index is 0. The number of hydrogen-bond acceptors (Lipinski definition) is 4. The molecular weight excluding hydrogens is 328 g/mol. The Labute approximate surface area is 148 Å². The highest BCUT2D eigenvalue weighted by Crippen LogP contribution is 2.26. The van der Waals surface area contributed by atoms with E-state index in [2.05, 4.69) is 5.32 Å². The number of nitrogens with one attached hydrogen (secondary N) is 1. The summed E-state index contributed by atoms with van der Waals surface area (Å²) in [7, 11) is 1.62. The third kappa shape index (κ3) is 6.10. The van der Waals surface area contributed by atoms with Crippen molar-refractivity contribution in [1.29, 1.82) is 0 Å². The number of nitrogens with two attached hydrogens (primary N) is 1. The number of nitrogen functional groups attached to an aromatic ring is 1. The highest BCUT2D eigenvalue weighted by Gasteiger charge is 2.09. The van der Waals surface area contributed by atoms with Gasteiger partial charge in [0.2, 0.25) is 5.91 Å². The Kier molecular flexibility index (Phi) is 8.09. The van der Waals surface area contributed by atoms with E-state index in [4.69, 9.17) is 15.2 Å². The van der Waals surface area contributed by atoms with E-state index in [-0.39, 0.29) is 24.7 Å². The van der Waals surface area contributed by atoms with E-state index in [1.807, 2.05) is 37.3 Å². The number of amides is 1. The number of carbonyl (C=O) groups excluding carboxylic acids is 1. The fourth-order valence-electron chi connectivity index (χ4n) is 2.10. The van der Waals surface area contributed by atoms with Crippen LogP contribution in [0.25, 0.3) is 0 Å². The predicted octanol–water partition coefficient (Wildman–Crippen LogP) is 3.21. The van der Waals surface area contributed by atoms with Gasteiger partial charge in [0.1, 0.15) is 12.4 Å². The lowest BCUT2D eigenvalue weighted by Gasteiger charge is -2.13. The molecule has 0 spiro atoms. The molecule has 0 atom stereocenters. The van der Waals surface area contributed by atoms with E-state index in [0.717, 1.165) is 11.1 Å². The van der Waals surface area contributed by atoms with Crippen molar-refractivity contribution in [3.63, 3.8) is 0 Å². The van der Waals surface area contributed by atoms with Crippen LogP contribution in [-0.2, 0) is 16.0 Å². The third-order valence-corrected chi connectivity index (χ3v) is 3.30. The van der Waals surface area contributed by atoms with Gasteiger partial charge in [-0.3, -0.25) is 4.79 Å². The molecule has 6 heteroatoms. The summed E-state index contributed by atoms with van der Waals surface area (Å²) in [4.78, 5) is 12.2. The van der Waals surface area contributed by atoms with Crippen molar-refractivity contribution in [2.45, 2.75) is 13.3 Å². The van der Waals surface area contributed by atoms with Crippen LogP contribution in [0.15, 0.2) is 42.5 Å². The summed E-state index contributed by atoms with van der Waals surface area (Å²) in [5, 5.41) is 2.89. The summed E-state index contributed by atoms with van der Waals surface area (Å²) in [6.45, 7) is 2.90. The lowest BCUT2D eigenvalue weighted by atomic mass is 10.1. The summed E-state index contributed by atoms with van der Waals surface area (Å²) in [6.07, 6.45) is 0.283. The summed E-state index contributed by atoms with van der Waals surface area (Å²) in [5.41, 5.74) is 8.96. The molecule has 24 heavy (non-hydrogen) atoms. The predicted molar refractivity (Wildman–Crippen MR) is 99.0 cm³/mol. The Balaban J connectivity index is 0.00000288. The van der Waals surface area contributed by atoms with E-state index >= 15 is 0 Å². The topological polar surface area (TPSA) is 73.6 Å². The van der Waals surface area contributed by atoms with Crippen molar-refractivity contribution in [3.05, 3.63) is 53.6 Å². The second kappa shape index (κ2) is 9.80. The standard InChI is InChI=1S/C18H22N2O3.ClH/c1-13-3-8-16(17(11-13)23-10-9-22-2)20-18(21)12-14-4-6-15(19)7-5-14;/h3-8,11H,9-10,12,19H2,1-2H3,(H,20,21);1H. The van der Waals surface area contributed by atoms with Crippen molar-refractivity contribution in [2.75, 3.05) is 31.4 Å². The number of hydrogen-bond donors (Lipinski definition) is 2. The molecule has 2 aromatic rings. The first kappa shape index (κ1) is 19.8. The summed E-state index contributed by atoms with van der Waals surface area (Å²) < 4.78 is 10.6. The van der Waals surface area contributed by atoms with Crippen LogP contribution in [0.5, 0.6) is 5.75 Å². The molecule has 0 unspecified atom stereocenters. The van der Waals surface area contributed by atoms with Gasteiger partial charge in [0, 0.05) is 12.8 Å². The van der Waals surface area contributed by atoms with E-state index < -0.39 is 0 Å². The molecule has 0 saturated carbocycles. The van der Waals surface area contributed by atoms with Gasteiger partial charge < -0.3 is 20.5 Å². The first-order valence-corrected chi connectivity index (χ1v) is 7.45. The zero-order valence-corrected chi connectivity index (χ0v) is 14.7. The van der Waals surface area contributed by atoms with Gasteiger partial charge in [-0.25, -0.2) is 0 Å². The molecule has 5 nitrogen and oxygen atoms in total. The quantitative estimate of drug-likeness (QED) is 0.594. The monoisotopic (exact) mass is 350 g/mol. The number of halogens is 1. The average Bonchev–Trinajstić information content (AvgIpc) is 2.52. The summed E-state index contributed by atoms with van der Waals surface area (Å²) in [5.74, 6) is 0.544. The molecule has 0 radical (unpaired) electrons. The van der Waals surface area contributed by atoms with Crippen molar-refractivity contribution >= 4 is 29.7 Å². The molecule has 3 N–H and O–H groups in total. The molecule has 2 rings (SSSR count). The van der Waals surface area contributed by atoms with Crippen LogP contribution in [0.4, 0.5) is 11.4 Å². The fourth-order valence-corrected chi connectivity index (χ4v) is 2.10. The lowest BCUT2D eigenvalue weighted by Crippen LogP contribution is -2.16. The van der Waals surface area contributed by atoms with E-state index in [1.165, 1.54) is 0 Å². The molecule has 0 aliphatic heterocycles. The smallest absolute Gasteiger partial charge is 0.228 e. The van der Waals surface area contributed by atoms with Crippen molar-refractivity contribution in [1.82, 2.24) is 0 Å². The lowest BCUT2D eigenvalue weighted by molar-refractivity contribution is -0.115. The molecule has 130 valence electrons. The Morgan fingerprint density at radius 2 is 1.83 bits per heavy atom. The second-order valence-corrected chi connectivity index (χ2v) is 5.31. The number of methoxy groups -OCH3 is 1. The molecule has 0 aliphatic carbocycles. The number of ether oxygens (including phenoxy) is 2. The zero-order valence-electron chi connectivity index (χ0n) is 13.9. The molecular formula is C18H23ClN2O3. The normalized spacial score (nSPS) is 9.92. The van der Waals surface area contributed by atoms with Crippen LogP contribution >= 0.6 is 12.4 Å². The van der Waals surface area contributed by atoms with Gasteiger partial charge in [-0.2, -0.15) is 0 Å². The van der Waals surface area contributed by atoms with Crippen LogP contribution in [0.2, 0.25) is 0 Å². The molecule has 0 fully saturated rings. The molecule has 0 heterocycles. The molecule has 0 aliphatic rings. The highest BCUT2D eigenvalue weighted by molar-refractivity contribution is 5.93. The number of anilines is 2. The number of aryl methyl sites for hydroxylation is 1. The second-order valence-electron chi connectivity index (χ2n) is 5.31. The minimum Gasteiger partial charge on any atom is -0.489 e. The highest BCUT2D eigenvalue weighted by atomic mass is 35.5. The molecule has 0 aromatic heterocycles. The minimum atomic E-state index is -0.102. The first-order chi connectivity index (χ1) is 11.1. The maximum Gasteiger partial charge on any atom is 0.228 e. The SMILES string of the molecule is COCCOc1cc(C)ccc1NC(=O)Cc1ccc(N)cc1.Cl. The van der Waals surface area contributed by atoms with Gasteiger partial charge in [0.05, 0.1) is 18.7 Å². The largest absolute Gasteiger partial charge is 0.489 e. The van der Waals surface area contributed by atoms with Gasteiger partial charge in [-0.15, -0.1) is 12.4 Å². The average molecular weight is 351 g/mol. The fraction of sp³-hybridized carbons (Fsp3) is 0.278. The van der Waals surface area contributed by atoms with Crippen molar-refractivity contribution in [3.8, 4) is 5.75 Å². The van der Waals surface area contributed by atoms with Crippen molar-refractivity contribution < 1.29 is 14.3 Å². The molecule has 0 saturated heterocycles. The van der Waals surface area contributed by atoms with Gasteiger partial charge >= 0.3 is 0 Å². The van der Waals surface area contributed by atoms with Gasteiger partial charge in [-0.1, -0.05) is 18.2 Å². The number of carbonyl (C=O) groups is 1. The summed E-state index contributed by atoms with van der Waals surface area (Å²) in [6, 6.07) is 12.9. The number of rotatable bonds is 7. The van der Waals surface area contributed by atoms with Crippen molar-refractivity contribution in [2.24, 2.45) is 0 Å². The van der Waals surface area contributed by atoms with E-state index in [1.54, 1.807) is 19.2 Å². The van der Waals surface area contributed by atoms with Gasteiger partial charge in [-0.05, 0) is 42.3 Å². The maximum absolute atomic E-state index is 12.2. The van der Waals surface area contributed by atoms with Crippen LogP contribution in [-0.4, -0.2) is 26.2 Å². The molecule has 2 aromatic carbocycles. The maximum atomic E-state index is 12.2. The molecule has 1 amide bonds.